The molecule has 0 bridgehead atoms. The fraction of sp³-hybridized carbons (Fsp3) is 0.375. The first kappa shape index (κ1) is 35.9. The van der Waals surface area contributed by atoms with E-state index in [2.05, 4.69) is 5.32 Å². The van der Waals surface area contributed by atoms with Crippen LogP contribution in [0.4, 0.5) is 18.9 Å². The molecule has 1 unspecified atom stereocenters. The summed E-state index contributed by atoms with van der Waals surface area (Å²) in [6.45, 7) is -1.19. The van der Waals surface area contributed by atoms with Crippen molar-refractivity contribution in [2.24, 2.45) is 0 Å². The minimum absolute atomic E-state index is 0.0608. The number of halogens is 6. The Morgan fingerprint density at radius 3 is 2.13 bits per heavy atom. The Bertz CT molecular complexity index is 1630. The first-order valence-electron chi connectivity index (χ1n) is 14.6. The summed E-state index contributed by atoms with van der Waals surface area (Å²) in [6.07, 6.45) is 0.428. The lowest BCUT2D eigenvalue weighted by Gasteiger charge is -2.35. The number of amides is 2. The van der Waals surface area contributed by atoms with Gasteiger partial charge in [-0.1, -0.05) is 90.5 Å². The Kier molecular flexibility index (Phi) is 11.9. The lowest BCUT2D eigenvalue weighted by molar-refractivity contribution is -0.140. The van der Waals surface area contributed by atoms with Gasteiger partial charge in [-0.05, 0) is 48.7 Å². The second kappa shape index (κ2) is 15.3. The molecular weight excluding hydrogens is 686 g/mol. The molecular formula is C32H33Cl3F3N3O4S. The molecule has 7 nitrogen and oxygen atoms in total. The largest absolute Gasteiger partial charge is 0.417 e. The second-order valence-corrected chi connectivity index (χ2v) is 14.3. The number of hydrogen-bond acceptors (Lipinski definition) is 4. The minimum Gasteiger partial charge on any atom is -0.352 e. The number of anilines is 1. The van der Waals surface area contributed by atoms with Crippen LogP contribution >= 0.6 is 34.8 Å². The van der Waals surface area contributed by atoms with Crippen LogP contribution in [0.5, 0.6) is 0 Å². The highest BCUT2D eigenvalue weighted by Crippen LogP contribution is 2.37. The summed E-state index contributed by atoms with van der Waals surface area (Å²) in [7, 11) is -4.32. The Labute approximate surface area is 281 Å². The van der Waals surface area contributed by atoms with Crippen LogP contribution in [0.25, 0.3) is 0 Å². The zero-order chi connectivity index (χ0) is 33.6. The van der Waals surface area contributed by atoms with Gasteiger partial charge in [0.25, 0.3) is 0 Å². The molecule has 1 fully saturated rings. The smallest absolute Gasteiger partial charge is 0.352 e. The van der Waals surface area contributed by atoms with Gasteiger partial charge >= 0.3 is 6.18 Å². The zero-order valence-electron chi connectivity index (χ0n) is 24.9. The minimum atomic E-state index is -4.88. The maximum absolute atomic E-state index is 14.3. The van der Waals surface area contributed by atoms with Gasteiger partial charge in [0.1, 0.15) is 12.6 Å². The van der Waals surface area contributed by atoms with Gasteiger partial charge in [0.15, 0.2) is 0 Å². The van der Waals surface area contributed by atoms with Crippen molar-refractivity contribution in [2.75, 3.05) is 17.1 Å². The molecule has 46 heavy (non-hydrogen) atoms. The van der Waals surface area contributed by atoms with Crippen LogP contribution in [-0.2, 0) is 38.8 Å². The van der Waals surface area contributed by atoms with Crippen LogP contribution in [0.3, 0.4) is 0 Å². The summed E-state index contributed by atoms with van der Waals surface area (Å²) in [5.41, 5.74) is -0.642. The SMILES string of the molecule is CS(=O)(=O)N(CC(=O)N(Cc1c(Cl)cccc1Cl)C(Cc1ccccc1)C(=O)NC1CCCCC1)c1ccc(Cl)c(C(F)(F)F)c1. The number of benzene rings is 3. The topological polar surface area (TPSA) is 86.8 Å². The van der Waals surface area contributed by atoms with Crippen molar-refractivity contribution < 1.29 is 31.2 Å². The van der Waals surface area contributed by atoms with E-state index in [1.165, 1.54) is 4.90 Å². The Balaban J connectivity index is 1.79. The van der Waals surface area contributed by atoms with E-state index in [0.717, 1.165) is 56.1 Å². The first-order valence-corrected chi connectivity index (χ1v) is 17.5. The van der Waals surface area contributed by atoms with Gasteiger partial charge in [-0.3, -0.25) is 13.9 Å². The van der Waals surface area contributed by atoms with E-state index in [9.17, 15) is 31.2 Å². The van der Waals surface area contributed by atoms with Crippen LogP contribution < -0.4 is 9.62 Å². The summed E-state index contributed by atoms with van der Waals surface area (Å²) >= 11 is 18.7. The van der Waals surface area contributed by atoms with Gasteiger partial charge < -0.3 is 10.2 Å². The van der Waals surface area contributed by atoms with Crippen LogP contribution in [-0.4, -0.2) is 50.0 Å². The molecule has 0 spiro atoms. The van der Waals surface area contributed by atoms with Crippen molar-refractivity contribution in [2.45, 2.75) is 63.3 Å². The van der Waals surface area contributed by atoms with E-state index in [4.69, 9.17) is 34.8 Å². The number of carbonyl (C=O) groups is 2. The van der Waals surface area contributed by atoms with Gasteiger partial charge in [0.2, 0.25) is 21.8 Å². The number of hydrogen-bond donors (Lipinski definition) is 1. The van der Waals surface area contributed by atoms with Crippen molar-refractivity contribution in [1.29, 1.82) is 0 Å². The van der Waals surface area contributed by atoms with Crippen molar-refractivity contribution in [3.05, 3.63) is 98.5 Å². The Morgan fingerprint density at radius 1 is 0.913 bits per heavy atom. The van der Waals surface area contributed by atoms with E-state index < -0.39 is 56.9 Å². The maximum Gasteiger partial charge on any atom is 0.417 e. The molecule has 1 aliphatic rings. The number of alkyl halides is 3. The monoisotopic (exact) mass is 717 g/mol. The lowest BCUT2D eigenvalue weighted by atomic mass is 9.94. The second-order valence-electron chi connectivity index (χ2n) is 11.2. The molecule has 0 aliphatic heterocycles. The molecule has 1 aliphatic carbocycles. The Morgan fingerprint density at radius 2 is 1.54 bits per heavy atom. The van der Waals surface area contributed by atoms with E-state index in [0.29, 0.717) is 15.9 Å². The molecule has 1 N–H and O–H groups in total. The van der Waals surface area contributed by atoms with Crippen LogP contribution in [0, 0.1) is 0 Å². The summed E-state index contributed by atoms with van der Waals surface area (Å²) in [6, 6.07) is 15.0. The molecule has 0 radical (unpaired) electrons. The highest BCUT2D eigenvalue weighted by atomic mass is 35.5. The third-order valence-corrected chi connectivity index (χ3v) is 10.0. The highest BCUT2D eigenvalue weighted by Gasteiger charge is 2.37. The van der Waals surface area contributed by atoms with Gasteiger partial charge in [-0.25, -0.2) is 8.42 Å². The fourth-order valence-electron chi connectivity index (χ4n) is 5.45. The van der Waals surface area contributed by atoms with Gasteiger partial charge in [0, 0.05) is 34.6 Å². The predicted molar refractivity (Wildman–Crippen MR) is 175 cm³/mol. The van der Waals surface area contributed by atoms with Crippen molar-refractivity contribution in [1.82, 2.24) is 10.2 Å². The predicted octanol–water partition coefficient (Wildman–Crippen LogP) is 7.52. The molecule has 0 heterocycles. The molecule has 14 heteroatoms. The first-order chi connectivity index (χ1) is 21.6. The van der Waals surface area contributed by atoms with E-state index in [-0.39, 0.29) is 29.1 Å². The number of nitrogens with zero attached hydrogens (tertiary/aromatic N) is 2. The highest BCUT2D eigenvalue weighted by molar-refractivity contribution is 7.92. The number of sulfonamides is 1. The molecule has 1 saturated carbocycles. The average Bonchev–Trinajstić information content (AvgIpc) is 2.99. The summed E-state index contributed by atoms with van der Waals surface area (Å²) in [4.78, 5) is 29.5. The van der Waals surface area contributed by atoms with E-state index in [1.807, 2.05) is 0 Å². The molecule has 248 valence electrons. The summed E-state index contributed by atoms with van der Waals surface area (Å²) < 4.78 is 67.6. The molecule has 1 atom stereocenters. The van der Waals surface area contributed by atoms with Crippen molar-refractivity contribution in [3.8, 4) is 0 Å². The number of carbonyl (C=O) groups excluding carboxylic acids is 2. The van der Waals surface area contributed by atoms with E-state index >= 15 is 0 Å². The molecule has 4 rings (SSSR count). The lowest BCUT2D eigenvalue weighted by Crippen LogP contribution is -2.55. The number of nitrogens with one attached hydrogen (secondary N) is 1. The average molecular weight is 719 g/mol. The quantitative estimate of drug-likeness (QED) is 0.222. The van der Waals surface area contributed by atoms with Gasteiger partial charge in [-0.2, -0.15) is 13.2 Å². The zero-order valence-corrected chi connectivity index (χ0v) is 28.0. The van der Waals surface area contributed by atoms with Crippen molar-refractivity contribution in [3.63, 3.8) is 0 Å². The van der Waals surface area contributed by atoms with Crippen molar-refractivity contribution >= 4 is 62.3 Å². The van der Waals surface area contributed by atoms with Crippen LogP contribution in [0.1, 0.15) is 48.8 Å². The molecule has 3 aromatic rings. The molecule has 0 saturated heterocycles. The van der Waals surface area contributed by atoms with Crippen LogP contribution in [0.2, 0.25) is 15.1 Å². The standard InChI is InChI=1S/C32H33Cl3F3N3O4S/c1-46(44,45)41(23-15-16-28(35)25(18-23)32(36,37)38)20-30(42)40(19-24-26(33)13-8-14-27(24)34)29(17-21-9-4-2-5-10-21)31(43)39-22-11-6-3-7-12-22/h2,4-5,8-10,13-16,18,22,29H,3,6-7,11-12,17,19-20H2,1H3,(H,39,43). The fourth-order valence-corrected chi connectivity index (χ4v) is 7.03. The number of rotatable bonds is 11. The third-order valence-electron chi connectivity index (χ3n) is 7.84. The van der Waals surface area contributed by atoms with Crippen LogP contribution in [0.15, 0.2) is 66.7 Å². The van der Waals surface area contributed by atoms with E-state index in [1.54, 1.807) is 48.5 Å². The molecule has 3 aromatic carbocycles. The van der Waals surface area contributed by atoms with Gasteiger partial charge in [-0.15, -0.1) is 0 Å². The molecule has 2 amide bonds. The Hall–Kier alpha value is -2.99. The summed E-state index contributed by atoms with van der Waals surface area (Å²) in [5, 5.41) is 2.86. The van der Waals surface area contributed by atoms with Gasteiger partial charge in [0.05, 0.1) is 22.5 Å². The summed E-state index contributed by atoms with van der Waals surface area (Å²) in [5.74, 6) is -1.31. The maximum atomic E-state index is 14.3. The normalized spacial score (nSPS) is 14.8. The molecule has 0 aromatic heterocycles. The third kappa shape index (κ3) is 9.30.